The quantitative estimate of drug-likeness (QED) is 0.841. The molecule has 26 heavy (non-hydrogen) atoms. The minimum atomic E-state index is -0.242. The third kappa shape index (κ3) is 4.22. The van der Waals surface area contributed by atoms with E-state index < -0.39 is 0 Å². The highest BCUT2D eigenvalue weighted by molar-refractivity contribution is 7.11. The zero-order valence-electron chi connectivity index (χ0n) is 15.3. The molecular weight excluding hydrogens is 348 g/mol. The van der Waals surface area contributed by atoms with Crippen molar-refractivity contribution in [3.63, 3.8) is 0 Å². The van der Waals surface area contributed by atoms with Crippen molar-refractivity contribution in [2.45, 2.75) is 46.1 Å². The van der Waals surface area contributed by atoms with E-state index >= 15 is 0 Å². The first kappa shape index (κ1) is 18.4. The van der Waals surface area contributed by atoms with E-state index in [1.165, 1.54) is 4.88 Å². The molecule has 1 aliphatic heterocycles. The minimum Gasteiger partial charge on any atom is -0.337 e. The summed E-state index contributed by atoms with van der Waals surface area (Å²) >= 11 is 1.67. The van der Waals surface area contributed by atoms with Crippen LogP contribution in [0.2, 0.25) is 0 Å². The number of amides is 3. The van der Waals surface area contributed by atoms with Crippen LogP contribution in [0.15, 0.2) is 24.3 Å². The van der Waals surface area contributed by atoms with Gasteiger partial charge in [-0.25, -0.2) is 9.78 Å². The Balaban J connectivity index is 1.49. The van der Waals surface area contributed by atoms with Crippen molar-refractivity contribution >= 4 is 34.6 Å². The highest BCUT2D eigenvalue weighted by Gasteiger charge is 2.28. The molecule has 1 aliphatic rings. The highest BCUT2D eigenvalue weighted by atomic mass is 32.1. The van der Waals surface area contributed by atoms with E-state index in [4.69, 9.17) is 0 Å². The van der Waals surface area contributed by atoms with E-state index in [1.807, 2.05) is 36.1 Å². The fourth-order valence-corrected chi connectivity index (χ4v) is 3.97. The molecule has 138 valence electrons. The summed E-state index contributed by atoms with van der Waals surface area (Å²) in [4.78, 5) is 31.5. The second-order valence-corrected chi connectivity index (χ2v) is 7.87. The number of nitrogens with one attached hydrogen (secondary N) is 2. The van der Waals surface area contributed by atoms with E-state index in [1.54, 1.807) is 11.3 Å². The van der Waals surface area contributed by atoms with Crippen molar-refractivity contribution in [1.82, 2.24) is 10.3 Å². The smallest absolute Gasteiger partial charge is 0.319 e. The number of aromatic nitrogens is 1. The van der Waals surface area contributed by atoms with Crippen LogP contribution in [0.3, 0.4) is 0 Å². The Labute approximate surface area is 157 Å². The monoisotopic (exact) mass is 372 g/mol. The Bertz CT molecular complexity index is 781. The van der Waals surface area contributed by atoms with Gasteiger partial charge < -0.3 is 15.5 Å². The molecule has 1 aromatic heterocycles. The van der Waals surface area contributed by atoms with Gasteiger partial charge >= 0.3 is 6.03 Å². The molecule has 3 rings (SSSR count). The van der Waals surface area contributed by atoms with Crippen molar-refractivity contribution in [3.05, 3.63) is 39.8 Å². The lowest BCUT2D eigenvalue weighted by Gasteiger charge is -2.22. The fraction of sp³-hybridized carbons (Fsp3) is 0.421. The molecule has 7 heteroatoms. The van der Waals surface area contributed by atoms with Gasteiger partial charge in [0.05, 0.1) is 10.7 Å². The molecule has 1 atom stereocenters. The van der Waals surface area contributed by atoms with Gasteiger partial charge in [-0.3, -0.25) is 4.79 Å². The van der Waals surface area contributed by atoms with Gasteiger partial charge in [-0.05, 0) is 51.5 Å². The Morgan fingerprint density at radius 2 is 2.04 bits per heavy atom. The average molecular weight is 372 g/mol. The van der Waals surface area contributed by atoms with E-state index in [0.29, 0.717) is 18.7 Å². The first-order valence-corrected chi connectivity index (χ1v) is 9.65. The first-order valence-electron chi connectivity index (χ1n) is 8.84. The van der Waals surface area contributed by atoms with E-state index in [9.17, 15) is 9.59 Å². The topological polar surface area (TPSA) is 74.3 Å². The summed E-state index contributed by atoms with van der Waals surface area (Å²) in [6.45, 7) is 6.64. The summed E-state index contributed by atoms with van der Waals surface area (Å²) < 4.78 is 0. The lowest BCUT2D eigenvalue weighted by Crippen LogP contribution is -2.31. The second kappa shape index (κ2) is 7.86. The van der Waals surface area contributed by atoms with Crippen LogP contribution >= 0.6 is 11.3 Å². The first-order chi connectivity index (χ1) is 12.4. The number of carbonyl (C=O) groups is 2. The van der Waals surface area contributed by atoms with Crippen molar-refractivity contribution in [2.75, 3.05) is 16.8 Å². The number of hydrogen-bond acceptors (Lipinski definition) is 4. The maximum absolute atomic E-state index is 12.0. The van der Waals surface area contributed by atoms with Gasteiger partial charge in [-0.2, -0.15) is 0 Å². The second-order valence-electron chi connectivity index (χ2n) is 6.58. The Hall–Kier alpha value is -2.41. The maximum atomic E-state index is 12.0. The lowest BCUT2D eigenvalue weighted by atomic mass is 10.2. The molecular formula is C19H24N4O2S. The molecule has 6 nitrogen and oxygen atoms in total. The Kier molecular flexibility index (Phi) is 5.56. The normalized spacial score (nSPS) is 16.8. The van der Waals surface area contributed by atoms with Gasteiger partial charge in [0.25, 0.3) is 0 Å². The fourth-order valence-electron chi connectivity index (χ4n) is 3.04. The zero-order valence-corrected chi connectivity index (χ0v) is 16.2. The zero-order chi connectivity index (χ0) is 18.7. The van der Waals surface area contributed by atoms with Crippen LogP contribution in [0, 0.1) is 13.8 Å². The molecule has 2 heterocycles. The molecule has 2 aromatic rings. The van der Waals surface area contributed by atoms with Crippen molar-refractivity contribution in [1.29, 1.82) is 0 Å². The minimum absolute atomic E-state index is 0.156. The third-order valence-corrected chi connectivity index (χ3v) is 5.72. The summed E-state index contributed by atoms with van der Waals surface area (Å²) in [5, 5.41) is 6.69. The van der Waals surface area contributed by atoms with Crippen LogP contribution in [0.1, 0.15) is 35.3 Å². The Morgan fingerprint density at radius 3 is 2.62 bits per heavy atom. The standard InChI is InChI=1S/C19H24N4O2S/c1-12-4-9-18(24)23(12)16-7-5-15(6-8-16)22-19(25)20-11-10-17-21-13(2)14(3)26-17/h5-8,12H,4,9-11H2,1-3H3,(H2,20,22,25)/t12-/m0/s1. The molecule has 0 bridgehead atoms. The van der Waals surface area contributed by atoms with Crippen LogP contribution in [-0.4, -0.2) is 29.5 Å². The SMILES string of the molecule is Cc1nc(CCNC(=O)Nc2ccc(N3C(=O)CC[C@@H]3C)cc2)sc1C. The molecule has 0 radical (unpaired) electrons. The molecule has 0 spiro atoms. The number of rotatable bonds is 5. The number of benzene rings is 1. The largest absolute Gasteiger partial charge is 0.337 e. The third-order valence-electron chi connectivity index (χ3n) is 4.59. The van der Waals surface area contributed by atoms with E-state index in [2.05, 4.69) is 29.5 Å². The highest BCUT2D eigenvalue weighted by Crippen LogP contribution is 2.27. The Morgan fingerprint density at radius 1 is 1.31 bits per heavy atom. The van der Waals surface area contributed by atoms with Gasteiger partial charge in [-0.1, -0.05) is 0 Å². The molecule has 1 saturated heterocycles. The van der Waals surface area contributed by atoms with Crippen LogP contribution < -0.4 is 15.5 Å². The molecule has 0 aliphatic carbocycles. The predicted octanol–water partition coefficient (Wildman–Crippen LogP) is 3.64. The summed E-state index contributed by atoms with van der Waals surface area (Å²) in [5.74, 6) is 0.156. The summed E-state index contributed by atoms with van der Waals surface area (Å²) in [5.41, 5.74) is 2.63. The summed E-state index contributed by atoms with van der Waals surface area (Å²) in [6.07, 6.45) is 2.21. The van der Waals surface area contributed by atoms with Gasteiger partial charge in [0.15, 0.2) is 0 Å². The van der Waals surface area contributed by atoms with Crippen LogP contribution in [-0.2, 0) is 11.2 Å². The average Bonchev–Trinajstić information content (AvgIpc) is 3.10. The van der Waals surface area contributed by atoms with Gasteiger partial charge in [0, 0.05) is 41.7 Å². The maximum Gasteiger partial charge on any atom is 0.319 e. The van der Waals surface area contributed by atoms with Crippen LogP contribution in [0.4, 0.5) is 16.2 Å². The van der Waals surface area contributed by atoms with Gasteiger partial charge in [0.2, 0.25) is 5.91 Å². The summed E-state index contributed by atoms with van der Waals surface area (Å²) in [7, 11) is 0. The van der Waals surface area contributed by atoms with Gasteiger partial charge in [-0.15, -0.1) is 11.3 Å². The van der Waals surface area contributed by atoms with Gasteiger partial charge in [0.1, 0.15) is 0 Å². The number of nitrogens with zero attached hydrogens (tertiary/aromatic N) is 2. The number of aryl methyl sites for hydroxylation is 2. The lowest BCUT2D eigenvalue weighted by molar-refractivity contribution is -0.117. The molecule has 3 amide bonds. The molecule has 2 N–H and O–H groups in total. The van der Waals surface area contributed by atoms with Crippen molar-refractivity contribution in [3.8, 4) is 0 Å². The number of urea groups is 1. The summed E-state index contributed by atoms with van der Waals surface area (Å²) in [6, 6.07) is 7.37. The van der Waals surface area contributed by atoms with Crippen LogP contribution in [0.5, 0.6) is 0 Å². The van der Waals surface area contributed by atoms with E-state index in [-0.39, 0.29) is 18.0 Å². The molecule has 1 aromatic carbocycles. The van der Waals surface area contributed by atoms with Crippen molar-refractivity contribution in [2.24, 2.45) is 0 Å². The van der Waals surface area contributed by atoms with Crippen molar-refractivity contribution < 1.29 is 9.59 Å². The predicted molar refractivity (Wildman–Crippen MR) is 105 cm³/mol. The number of anilines is 2. The molecule has 0 saturated carbocycles. The van der Waals surface area contributed by atoms with Crippen LogP contribution in [0.25, 0.3) is 0 Å². The number of thiazole rings is 1. The number of carbonyl (C=O) groups excluding carboxylic acids is 2. The number of hydrogen-bond donors (Lipinski definition) is 2. The molecule has 1 fully saturated rings. The van der Waals surface area contributed by atoms with E-state index in [0.717, 1.165) is 29.2 Å². The molecule has 0 unspecified atom stereocenters.